The summed E-state index contributed by atoms with van der Waals surface area (Å²) in [4.78, 5) is 12.4. The van der Waals surface area contributed by atoms with Crippen molar-refractivity contribution in [2.45, 2.75) is 39.1 Å². The van der Waals surface area contributed by atoms with Crippen molar-refractivity contribution >= 4 is 6.09 Å². The minimum Gasteiger partial charge on any atom is -0.442 e. The second kappa shape index (κ2) is 6.59. The SMILES string of the molecule is CC(C)(C)OC(=O)N(Cc1cccc(C(F)(F)F)c1)n1cccc1. The number of hydrogen-bond acceptors (Lipinski definition) is 2. The van der Waals surface area contributed by atoms with Gasteiger partial charge in [0.05, 0.1) is 12.1 Å². The van der Waals surface area contributed by atoms with E-state index in [1.165, 1.54) is 21.8 Å². The molecule has 0 saturated heterocycles. The molecule has 1 amide bonds. The molecule has 0 bridgehead atoms. The average molecular weight is 340 g/mol. The predicted octanol–water partition coefficient (Wildman–Crippen LogP) is 4.58. The van der Waals surface area contributed by atoms with E-state index in [9.17, 15) is 18.0 Å². The van der Waals surface area contributed by atoms with Crippen LogP contribution in [0.4, 0.5) is 18.0 Å². The van der Waals surface area contributed by atoms with E-state index in [4.69, 9.17) is 4.74 Å². The van der Waals surface area contributed by atoms with Gasteiger partial charge in [-0.15, -0.1) is 0 Å². The molecule has 0 aliphatic rings. The van der Waals surface area contributed by atoms with Crippen LogP contribution in [0, 0.1) is 0 Å². The number of alkyl halides is 3. The number of ether oxygens (including phenoxy) is 1. The van der Waals surface area contributed by atoms with E-state index >= 15 is 0 Å². The lowest BCUT2D eigenvalue weighted by Gasteiger charge is -2.28. The Morgan fingerprint density at radius 1 is 1.12 bits per heavy atom. The van der Waals surface area contributed by atoms with Gasteiger partial charge in [-0.1, -0.05) is 12.1 Å². The minimum absolute atomic E-state index is 0.0481. The number of benzene rings is 1. The van der Waals surface area contributed by atoms with Gasteiger partial charge in [0.15, 0.2) is 0 Å². The fraction of sp³-hybridized carbons (Fsp3) is 0.353. The van der Waals surface area contributed by atoms with Gasteiger partial charge in [-0.3, -0.25) is 4.68 Å². The molecule has 0 unspecified atom stereocenters. The minimum atomic E-state index is -4.43. The lowest BCUT2D eigenvalue weighted by molar-refractivity contribution is -0.137. The third kappa shape index (κ3) is 4.78. The number of halogens is 3. The van der Waals surface area contributed by atoms with Crippen LogP contribution in [0.25, 0.3) is 0 Å². The van der Waals surface area contributed by atoms with Gasteiger partial charge < -0.3 is 4.74 Å². The molecule has 130 valence electrons. The molecule has 0 saturated carbocycles. The number of amides is 1. The topological polar surface area (TPSA) is 34.5 Å². The lowest BCUT2D eigenvalue weighted by Crippen LogP contribution is -2.42. The first-order valence-electron chi connectivity index (χ1n) is 7.36. The summed E-state index contributed by atoms with van der Waals surface area (Å²) in [5.74, 6) is 0. The van der Waals surface area contributed by atoms with Crippen LogP contribution in [0.15, 0.2) is 48.8 Å². The van der Waals surface area contributed by atoms with Crippen LogP contribution in [-0.4, -0.2) is 16.4 Å². The third-order valence-electron chi connectivity index (χ3n) is 3.06. The maximum atomic E-state index is 12.8. The van der Waals surface area contributed by atoms with Gasteiger partial charge in [0.2, 0.25) is 0 Å². The summed E-state index contributed by atoms with van der Waals surface area (Å²) in [7, 11) is 0. The molecule has 1 aromatic heterocycles. The summed E-state index contributed by atoms with van der Waals surface area (Å²) in [6, 6.07) is 8.31. The Kier molecular flexibility index (Phi) is 4.91. The number of carbonyl (C=O) groups excluding carboxylic acids is 1. The van der Waals surface area contributed by atoms with Crippen LogP contribution >= 0.6 is 0 Å². The summed E-state index contributed by atoms with van der Waals surface area (Å²) in [6.45, 7) is 5.13. The molecule has 7 heteroatoms. The smallest absolute Gasteiger partial charge is 0.429 e. The van der Waals surface area contributed by atoms with Gasteiger partial charge >= 0.3 is 12.3 Å². The molecule has 0 fully saturated rings. The van der Waals surface area contributed by atoms with Crippen LogP contribution in [0.5, 0.6) is 0 Å². The highest BCUT2D eigenvalue weighted by Gasteiger charge is 2.31. The average Bonchev–Trinajstić information content (AvgIpc) is 2.96. The van der Waals surface area contributed by atoms with Gasteiger partial charge in [0, 0.05) is 12.4 Å². The normalized spacial score (nSPS) is 12.1. The zero-order chi connectivity index (χ0) is 18.0. The van der Waals surface area contributed by atoms with E-state index in [0.29, 0.717) is 5.56 Å². The zero-order valence-electron chi connectivity index (χ0n) is 13.7. The summed E-state index contributed by atoms with van der Waals surface area (Å²) in [5.41, 5.74) is -1.11. The van der Waals surface area contributed by atoms with Crippen molar-refractivity contribution < 1.29 is 22.7 Å². The van der Waals surface area contributed by atoms with Crippen molar-refractivity contribution in [2.75, 3.05) is 5.01 Å². The third-order valence-corrected chi connectivity index (χ3v) is 3.06. The molecule has 0 spiro atoms. The maximum Gasteiger partial charge on any atom is 0.429 e. The van der Waals surface area contributed by atoms with Crippen molar-refractivity contribution in [3.63, 3.8) is 0 Å². The molecule has 1 aromatic carbocycles. The van der Waals surface area contributed by atoms with Gasteiger partial charge in [0.25, 0.3) is 0 Å². The van der Waals surface area contributed by atoms with E-state index in [0.717, 1.165) is 12.1 Å². The lowest BCUT2D eigenvalue weighted by atomic mass is 10.1. The highest BCUT2D eigenvalue weighted by molar-refractivity contribution is 5.78. The Bertz CT molecular complexity index is 689. The predicted molar refractivity (Wildman–Crippen MR) is 84.0 cm³/mol. The summed E-state index contributed by atoms with van der Waals surface area (Å²) in [5, 5.41) is 1.24. The Hall–Kier alpha value is -2.44. The molecule has 0 aliphatic carbocycles. The fourth-order valence-corrected chi connectivity index (χ4v) is 2.06. The highest BCUT2D eigenvalue weighted by Crippen LogP contribution is 2.29. The largest absolute Gasteiger partial charge is 0.442 e. The number of aromatic nitrogens is 1. The second-order valence-corrected chi connectivity index (χ2v) is 6.30. The molecule has 0 aliphatic heterocycles. The quantitative estimate of drug-likeness (QED) is 0.820. The molecule has 0 radical (unpaired) electrons. The van der Waals surface area contributed by atoms with Gasteiger partial charge in [-0.25, -0.2) is 9.80 Å². The molecule has 2 rings (SSSR count). The monoisotopic (exact) mass is 340 g/mol. The molecule has 1 heterocycles. The van der Waals surface area contributed by atoms with Gasteiger partial charge in [-0.05, 0) is 50.6 Å². The Morgan fingerprint density at radius 2 is 1.75 bits per heavy atom. The van der Waals surface area contributed by atoms with Crippen molar-refractivity contribution in [3.8, 4) is 0 Å². The van der Waals surface area contributed by atoms with E-state index in [-0.39, 0.29) is 6.54 Å². The Labute approximate surface area is 138 Å². The van der Waals surface area contributed by atoms with Crippen LogP contribution < -0.4 is 5.01 Å². The van der Waals surface area contributed by atoms with Gasteiger partial charge in [-0.2, -0.15) is 13.2 Å². The Morgan fingerprint density at radius 3 is 2.29 bits per heavy atom. The summed E-state index contributed by atoms with van der Waals surface area (Å²) < 4.78 is 45.4. The molecule has 0 N–H and O–H groups in total. The number of hydrogen-bond donors (Lipinski definition) is 0. The maximum absolute atomic E-state index is 12.8. The molecule has 24 heavy (non-hydrogen) atoms. The van der Waals surface area contributed by atoms with E-state index in [2.05, 4.69) is 0 Å². The first kappa shape index (κ1) is 17.9. The molecule has 0 atom stereocenters. The molecule has 4 nitrogen and oxygen atoms in total. The second-order valence-electron chi connectivity index (χ2n) is 6.30. The zero-order valence-corrected chi connectivity index (χ0v) is 13.7. The van der Waals surface area contributed by atoms with Gasteiger partial charge in [0.1, 0.15) is 5.60 Å². The van der Waals surface area contributed by atoms with E-state index in [1.54, 1.807) is 45.3 Å². The van der Waals surface area contributed by atoms with Crippen LogP contribution in [0.3, 0.4) is 0 Å². The number of carbonyl (C=O) groups is 1. The van der Waals surface area contributed by atoms with Crippen LogP contribution in [0.2, 0.25) is 0 Å². The number of nitrogens with zero attached hydrogens (tertiary/aromatic N) is 2. The van der Waals surface area contributed by atoms with Crippen LogP contribution in [-0.2, 0) is 17.5 Å². The van der Waals surface area contributed by atoms with Crippen molar-refractivity contribution in [3.05, 3.63) is 59.9 Å². The molecular formula is C17H19F3N2O2. The van der Waals surface area contributed by atoms with Crippen molar-refractivity contribution in [1.29, 1.82) is 0 Å². The highest BCUT2D eigenvalue weighted by atomic mass is 19.4. The number of rotatable bonds is 3. The van der Waals surface area contributed by atoms with Crippen molar-refractivity contribution in [1.82, 2.24) is 4.68 Å². The first-order chi connectivity index (χ1) is 11.1. The molecule has 2 aromatic rings. The fourth-order valence-electron chi connectivity index (χ4n) is 2.06. The Balaban J connectivity index is 2.28. The summed E-state index contributed by atoms with van der Waals surface area (Å²) in [6.07, 6.45) is -1.83. The van der Waals surface area contributed by atoms with Crippen molar-refractivity contribution in [2.24, 2.45) is 0 Å². The molecular weight excluding hydrogens is 321 g/mol. The van der Waals surface area contributed by atoms with E-state index in [1.807, 2.05) is 0 Å². The standard InChI is InChI=1S/C17H19F3N2O2/c1-16(2,3)24-15(23)22(21-9-4-5-10-21)12-13-7-6-8-14(11-13)17(18,19)20/h4-11H,12H2,1-3H3. The van der Waals surface area contributed by atoms with Crippen LogP contribution in [0.1, 0.15) is 31.9 Å². The summed E-state index contributed by atoms with van der Waals surface area (Å²) >= 11 is 0. The first-order valence-corrected chi connectivity index (χ1v) is 7.36. The van der Waals surface area contributed by atoms with E-state index < -0.39 is 23.4 Å².